The van der Waals surface area contributed by atoms with Crippen molar-refractivity contribution in [2.24, 2.45) is 0 Å². The van der Waals surface area contributed by atoms with E-state index in [4.69, 9.17) is 0 Å². The average molecular weight is 146 g/mol. The van der Waals surface area contributed by atoms with Gasteiger partial charge in [-0.15, -0.1) is 0 Å². The third-order valence-electron chi connectivity index (χ3n) is 1.57. The van der Waals surface area contributed by atoms with E-state index in [2.05, 4.69) is 37.2 Å². The topological polar surface area (TPSA) is 0 Å². The Balaban J connectivity index is 2.42. The third kappa shape index (κ3) is 1.04. The monoisotopic (exact) mass is 146 g/mol. The maximum absolute atomic E-state index is 2.26. The van der Waals surface area contributed by atoms with Crippen molar-refractivity contribution in [1.29, 1.82) is 0 Å². The standard InChI is InChI=1S/C8H7BS/c1-2-5-9-7-4-6-10-8(7)3-1/h1-5H,6H2. The van der Waals surface area contributed by atoms with Crippen LogP contribution in [0.2, 0.25) is 0 Å². The van der Waals surface area contributed by atoms with Crippen molar-refractivity contribution < 1.29 is 0 Å². The number of fused-ring (bicyclic) bond motifs is 1. The van der Waals surface area contributed by atoms with Crippen LogP contribution < -0.4 is 0 Å². The fourth-order valence-corrected chi connectivity index (χ4v) is 2.00. The first-order valence-electron chi connectivity index (χ1n) is 3.35. The van der Waals surface area contributed by atoms with Crippen molar-refractivity contribution in [3.63, 3.8) is 0 Å². The number of hydrogen-bond donors (Lipinski definition) is 0. The number of thioether (sulfide) groups is 1. The predicted molar refractivity (Wildman–Crippen MR) is 49.6 cm³/mol. The van der Waals surface area contributed by atoms with Gasteiger partial charge in [0.25, 0.3) is 0 Å². The maximum atomic E-state index is 2.26. The van der Waals surface area contributed by atoms with E-state index in [0.717, 1.165) is 5.75 Å². The van der Waals surface area contributed by atoms with E-state index in [1.165, 1.54) is 10.4 Å². The Hall–Kier alpha value is -0.495. The zero-order chi connectivity index (χ0) is 6.81. The quantitative estimate of drug-likeness (QED) is 0.467. The minimum atomic E-state index is 1.14. The van der Waals surface area contributed by atoms with E-state index in [0.29, 0.717) is 0 Å². The molecule has 0 radical (unpaired) electrons. The molecule has 0 N–H and O–H groups in total. The molecule has 0 saturated heterocycles. The van der Waals surface area contributed by atoms with Crippen LogP contribution in [-0.4, -0.2) is 18.6 Å². The van der Waals surface area contributed by atoms with Crippen LogP contribution in [0, 0.1) is 0 Å². The van der Waals surface area contributed by atoms with Gasteiger partial charge in [0.1, 0.15) is 0 Å². The van der Waals surface area contributed by atoms with Gasteiger partial charge in [0.05, 0.1) is 0 Å². The summed E-state index contributed by atoms with van der Waals surface area (Å²) in [6, 6.07) is 0. The fraction of sp³-hybridized carbons (Fsp3) is 0.125. The molecule has 0 nitrogen and oxygen atoms in total. The Bertz CT molecular complexity index is 258. The molecule has 0 saturated carbocycles. The van der Waals surface area contributed by atoms with Crippen LogP contribution in [0.5, 0.6) is 0 Å². The minimum absolute atomic E-state index is 1.14. The van der Waals surface area contributed by atoms with Gasteiger partial charge >= 0.3 is 65.1 Å². The molecule has 2 aliphatic rings. The van der Waals surface area contributed by atoms with Gasteiger partial charge in [0.2, 0.25) is 0 Å². The molecular weight excluding hydrogens is 139 g/mol. The Morgan fingerprint density at radius 3 is 3.40 bits per heavy atom. The third-order valence-corrected chi connectivity index (χ3v) is 2.59. The number of hydrogen-bond acceptors (Lipinski definition) is 1. The van der Waals surface area contributed by atoms with Gasteiger partial charge in [-0.25, -0.2) is 0 Å². The Kier molecular flexibility index (Phi) is 1.64. The first-order valence-corrected chi connectivity index (χ1v) is 4.34. The van der Waals surface area contributed by atoms with Crippen molar-refractivity contribution in [2.45, 2.75) is 0 Å². The van der Waals surface area contributed by atoms with E-state index in [-0.39, 0.29) is 0 Å². The first-order chi connectivity index (χ1) is 4.97. The molecule has 2 heteroatoms. The number of rotatable bonds is 0. The molecule has 0 aromatic rings. The fourth-order valence-electron chi connectivity index (χ4n) is 1.07. The van der Waals surface area contributed by atoms with Crippen molar-refractivity contribution in [3.05, 3.63) is 34.7 Å². The van der Waals surface area contributed by atoms with E-state index < -0.39 is 0 Å². The summed E-state index contributed by atoms with van der Waals surface area (Å²) in [6.07, 6.45) is 8.58. The molecule has 0 bridgehead atoms. The molecule has 2 rings (SSSR count). The van der Waals surface area contributed by atoms with Crippen molar-refractivity contribution in [3.8, 4) is 0 Å². The molecule has 0 amide bonds. The van der Waals surface area contributed by atoms with E-state index in [1.54, 1.807) is 0 Å². The summed E-state index contributed by atoms with van der Waals surface area (Å²) < 4.78 is 0. The molecule has 10 heavy (non-hydrogen) atoms. The molecule has 2 heterocycles. The van der Waals surface area contributed by atoms with Crippen LogP contribution in [0.4, 0.5) is 0 Å². The van der Waals surface area contributed by atoms with Crippen LogP contribution in [0.1, 0.15) is 0 Å². The summed E-state index contributed by atoms with van der Waals surface area (Å²) >= 11 is 1.91. The molecule has 0 atom stereocenters. The SMILES string of the molecule is B1=CC=CC=C2SCC=C12. The van der Waals surface area contributed by atoms with Gasteiger partial charge in [-0.2, -0.15) is 0 Å². The first kappa shape index (κ1) is 6.23. The number of allylic oxidation sites excluding steroid dienone is 4. The van der Waals surface area contributed by atoms with Crippen LogP contribution in [0.3, 0.4) is 0 Å². The summed E-state index contributed by atoms with van der Waals surface area (Å²) in [5.41, 5.74) is 1.38. The second-order valence-corrected chi connectivity index (χ2v) is 3.31. The molecule has 0 aromatic heterocycles. The van der Waals surface area contributed by atoms with Gasteiger partial charge < -0.3 is 0 Å². The van der Waals surface area contributed by atoms with Crippen LogP contribution in [-0.2, 0) is 0 Å². The molecule has 0 fully saturated rings. The van der Waals surface area contributed by atoms with Crippen LogP contribution in [0.15, 0.2) is 34.7 Å². The molecule has 0 spiro atoms. The summed E-state index contributed by atoms with van der Waals surface area (Å²) in [5.74, 6) is 3.22. The second kappa shape index (κ2) is 2.63. The predicted octanol–water partition coefficient (Wildman–Crippen LogP) is 1.58. The zero-order valence-corrected chi connectivity index (χ0v) is 6.40. The van der Waals surface area contributed by atoms with Crippen molar-refractivity contribution >= 4 is 24.6 Å². The average Bonchev–Trinajstić information content (AvgIpc) is 2.28. The summed E-state index contributed by atoms with van der Waals surface area (Å²) in [7, 11) is 0. The second-order valence-electron chi connectivity index (χ2n) is 2.25. The molecule has 48 valence electrons. The molecule has 0 aromatic carbocycles. The van der Waals surface area contributed by atoms with Gasteiger partial charge in [-0.1, -0.05) is 0 Å². The van der Waals surface area contributed by atoms with Gasteiger partial charge in [0, 0.05) is 0 Å². The molecule has 0 aliphatic carbocycles. The Morgan fingerprint density at radius 1 is 1.40 bits per heavy atom. The summed E-state index contributed by atoms with van der Waals surface area (Å²) in [4.78, 5) is 1.41. The zero-order valence-electron chi connectivity index (χ0n) is 5.58. The van der Waals surface area contributed by atoms with Crippen molar-refractivity contribution in [2.75, 3.05) is 5.75 Å². The Labute approximate surface area is 65.6 Å². The normalized spacial score (nSPS) is 20.8. The summed E-state index contributed by atoms with van der Waals surface area (Å²) in [6.45, 7) is 2.16. The summed E-state index contributed by atoms with van der Waals surface area (Å²) in [5, 5.41) is 0. The van der Waals surface area contributed by atoms with Gasteiger partial charge in [-0.3, -0.25) is 0 Å². The molecule has 0 unspecified atom stereocenters. The van der Waals surface area contributed by atoms with E-state index in [9.17, 15) is 0 Å². The van der Waals surface area contributed by atoms with Gasteiger partial charge in [-0.05, 0) is 0 Å². The van der Waals surface area contributed by atoms with Gasteiger partial charge in [0.15, 0.2) is 0 Å². The molecule has 2 aliphatic heterocycles. The van der Waals surface area contributed by atoms with E-state index in [1.807, 2.05) is 11.8 Å². The van der Waals surface area contributed by atoms with Crippen LogP contribution in [0.25, 0.3) is 0 Å². The Morgan fingerprint density at radius 2 is 2.40 bits per heavy atom. The van der Waals surface area contributed by atoms with Crippen LogP contribution >= 0.6 is 11.8 Å². The molecular formula is C8H7BS. The van der Waals surface area contributed by atoms with E-state index >= 15 is 0 Å². The van der Waals surface area contributed by atoms with Crippen molar-refractivity contribution in [1.82, 2.24) is 0 Å².